The zero-order valence-electron chi connectivity index (χ0n) is 17.8. The van der Waals surface area contributed by atoms with Gasteiger partial charge in [0.15, 0.2) is 0 Å². The van der Waals surface area contributed by atoms with Gasteiger partial charge in [-0.05, 0) is 80.6 Å². The van der Waals surface area contributed by atoms with Gasteiger partial charge < -0.3 is 26.0 Å². The van der Waals surface area contributed by atoms with Crippen LogP contribution < -0.4 is 11.1 Å². The van der Waals surface area contributed by atoms with Crippen LogP contribution >= 0.6 is 0 Å². The number of piperidine rings is 2. The molecule has 0 bridgehead atoms. The van der Waals surface area contributed by atoms with Gasteiger partial charge in [-0.25, -0.2) is 0 Å². The second-order valence-electron chi connectivity index (χ2n) is 10.3. The first-order valence-electron chi connectivity index (χ1n) is 12.1. The standard InChI is InChI=1S/C22H40BN3O3/c24-13-15-3-1-4-17(11-15)16-7-9-26(10-8-16)22(27)21-12-18-5-2-6-20(23(28)29)19(18)14-25-21/h15-21,25,28-29H,1-14,24H2. The van der Waals surface area contributed by atoms with E-state index in [1.165, 1.54) is 25.7 Å². The van der Waals surface area contributed by atoms with E-state index in [0.717, 1.165) is 76.5 Å². The number of likely N-dealkylation sites (tertiary alicyclic amines) is 1. The summed E-state index contributed by atoms with van der Waals surface area (Å²) in [5, 5.41) is 22.9. The molecule has 2 saturated heterocycles. The fourth-order valence-electron chi connectivity index (χ4n) is 7.01. The third-order valence-electron chi connectivity index (χ3n) is 8.76. The maximum absolute atomic E-state index is 13.2. The molecule has 4 rings (SSSR count). The molecule has 2 heterocycles. The number of fused-ring (bicyclic) bond motifs is 1. The van der Waals surface area contributed by atoms with Crippen molar-refractivity contribution in [1.82, 2.24) is 10.2 Å². The number of carbonyl (C=O) groups excluding carboxylic acids is 1. The molecule has 2 aliphatic heterocycles. The fraction of sp³-hybridized carbons (Fsp3) is 0.955. The van der Waals surface area contributed by atoms with E-state index in [0.29, 0.717) is 17.8 Å². The van der Waals surface area contributed by atoms with E-state index >= 15 is 0 Å². The Balaban J connectivity index is 1.27. The van der Waals surface area contributed by atoms with Crippen LogP contribution in [0.2, 0.25) is 5.82 Å². The first-order chi connectivity index (χ1) is 14.1. The minimum Gasteiger partial charge on any atom is -0.427 e. The Kier molecular flexibility index (Phi) is 7.20. The van der Waals surface area contributed by atoms with Crippen LogP contribution in [0, 0.1) is 29.6 Å². The van der Waals surface area contributed by atoms with Crippen LogP contribution in [-0.2, 0) is 4.79 Å². The number of hydrogen-bond acceptors (Lipinski definition) is 5. The highest BCUT2D eigenvalue weighted by Crippen LogP contribution is 2.44. The zero-order chi connectivity index (χ0) is 20.4. The fourth-order valence-corrected chi connectivity index (χ4v) is 7.01. The molecule has 2 saturated carbocycles. The van der Waals surface area contributed by atoms with Gasteiger partial charge in [0, 0.05) is 13.1 Å². The molecule has 29 heavy (non-hydrogen) atoms. The Labute approximate surface area is 176 Å². The van der Waals surface area contributed by atoms with E-state index < -0.39 is 7.12 Å². The number of rotatable bonds is 4. The van der Waals surface area contributed by atoms with Crippen LogP contribution in [0.5, 0.6) is 0 Å². The van der Waals surface area contributed by atoms with Crippen LogP contribution in [-0.4, -0.2) is 60.2 Å². The summed E-state index contributed by atoms with van der Waals surface area (Å²) in [6.45, 7) is 3.37. The highest BCUT2D eigenvalue weighted by Gasteiger charge is 2.44. The van der Waals surface area contributed by atoms with Crippen molar-refractivity contribution in [2.24, 2.45) is 35.3 Å². The minimum absolute atomic E-state index is 0.0408. The lowest BCUT2D eigenvalue weighted by Crippen LogP contribution is -2.56. The molecule has 4 fully saturated rings. The number of amides is 1. The summed E-state index contributed by atoms with van der Waals surface area (Å²) in [5.41, 5.74) is 5.92. The molecule has 1 amide bonds. The Hall–Kier alpha value is -0.625. The summed E-state index contributed by atoms with van der Waals surface area (Å²) in [6.07, 6.45) is 11.5. The molecule has 7 heteroatoms. The first kappa shape index (κ1) is 21.6. The highest BCUT2D eigenvalue weighted by molar-refractivity contribution is 6.43. The third kappa shape index (κ3) is 4.84. The number of nitrogens with one attached hydrogen (secondary N) is 1. The summed E-state index contributed by atoms with van der Waals surface area (Å²) in [6, 6.07) is -0.0845. The van der Waals surface area contributed by atoms with Gasteiger partial charge in [0.05, 0.1) is 6.04 Å². The van der Waals surface area contributed by atoms with Gasteiger partial charge in [0.2, 0.25) is 5.91 Å². The minimum atomic E-state index is -1.23. The molecule has 4 aliphatic rings. The van der Waals surface area contributed by atoms with E-state index in [-0.39, 0.29) is 17.8 Å². The van der Waals surface area contributed by atoms with Crippen molar-refractivity contribution in [2.75, 3.05) is 26.2 Å². The highest BCUT2D eigenvalue weighted by atomic mass is 16.4. The van der Waals surface area contributed by atoms with Gasteiger partial charge in [0.1, 0.15) is 0 Å². The van der Waals surface area contributed by atoms with Crippen molar-refractivity contribution in [3.05, 3.63) is 0 Å². The largest absolute Gasteiger partial charge is 0.455 e. The predicted octanol–water partition coefficient (Wildman–Crippen LogP) is 1.61. The summed E-state index contributed by atoms with van der Waals surface area (Å²) < 4.78 is 0. The van der Waals surface area contributed by atoms with Crippen molar-refractivity contribution < 1.29 is 14.8 Å². The van der Waals surface area contributed by atoms with Crippen molar-refractivity contribution in [3.8, 4) is 0 Å². The van der Waals surface area contributed by atoms with E-state index in [9.17, 15) is 14.8 Å². The monoisotopic (exact) mass is 405 g/mol. The van der Waals surface area contributed by atoms with Crippen LogP contribution in [0.3, 0.4) is 0 Å². The zero-order valence-corrected chi connectivity index (χ0v) is 17.8. The molecule has 0 spiro atoms. The first-order valence-corrected chi connectivity index (χ1v) is 12.1. The van der Waals surface area contributed by atoms with Crippen LogP contribution in [0.15, 0.2) is 0 Å². The average molecular weight is 405 g/mol. The lowest BCUT2D eigenvalue weighted by Gasteiger charge is -2.45. The number of carbonyl (C=O) groups is 1. The molecule has 6 nitrogen and oxygen atoms in total. The molecule has 0 radical (unpaired) electrons. The van der Waals surface area contributed by atoms with E-state index in [4.69, 9.17) is 5.73 Å². The van der Waals surface area contributed by atoms with Crippen molar-refractivity contribution in [1.29, 1.82) is 0 Å². The van der Waals surface area contributed by atoms with Crippen molar-refractivity contribution in [3.63, 3.8) is 0 Å². The molecule has 0 aromatic carbocycles. The second-order valence-corrected chi connectivity index (χ2v) is 10.3. The molecule has 6 unspecified atom stereocenters. The third-order valence-corrected chi connectivity index (χ3v) is 8.76. The number of hydrogen-bond donors (Lipinski definition) is 4. The van der Waals surface area contributed by atoms with Gasteiger partial charge in [-0.1, -0.05) is 32.1 Å². The summed E-state index contributed by atoms with van der Waals surface area (Å²) in [4.78, 5) is 15.3. The number of nitrogens with zero attached hydrogens (tertiary/aromatic N) is 1. The Morgan fingerprint density at radius 1 is 0.966 bits per heavy atom. The quantitative estimate of drug-likeness (QED) is 0.533. The topological polar surface area (TPSA) is 98.8 Å². The molecule has 2 aliphatic carbocycles. The molecule has 164 valence electrons. The normalized spacial score (nSPS) is 39.1. The van der Waals surface area contributed by atoms with E-state index in [1.807, 2.05) is 0 Å². The van der Waals surface area contributed by atoms with Crippen LogP contribution in [0.25, 0.3) is 0 Å². The van der Waals surface area contributed by atoms with Crippen LogP contribution in [0.1, 0.15) is 64.2 Å². The SMILES string of the molecule is NCC1CCCC(C2CCN(C(=O)C3CC4CCCC(B(O)O)C4CN3)CC2)C1. The van der Waals surface area contributed by atoms with Gasteiger partial charge in [-0.3, -0.25) is 4.79 Å². The lowest BCUT2D eigenvalue weighted by molar-refractivity contribution is -0.136. The summed E-state index contributed by atoms with van der Waals surface area (Å²) in [7, 11) is -1.23. The van der Waals surface area contributed by atoms with Crippen molar-refractivity contribution >= 4 is 13.0 Å². The number of nitrogens with two attached hydrogens (primary N) is 1. The smallest absolute Gasteiger partial charge is 0.427 e. The van der Waals surface area contributed by atoms with Crippen LogP contribution in [0.4, 0.5) is 0 Å². The molecular weight excluding hydrogens is 365 g/mol. The second kappa shape index (κ2) is 9.67. The van der Waals surface area contributed by atoms with Crippen molar-refractivity contribution in [2.45, 2.75) is 76.1 Å². The lowest BCUT2D eigenvalue weighted by atomic mass is 9.55. The van der Waals surface area contributed by atoms with Gasteiger partial charge in [-0.2, -0.15) is 0 Å². The van der Waals surface area contributed by atoms with Gasteiger partial charge >= 0.3 is 7.12 Å². The molecule has 0 aromatic heterocycles. The average Bonchev–Trinajstić information content (AvgIpc) is 2.77. The van der Waals surface area contributed by atoms with Gasteiger partial charge in [0.25, 0.3) is 0 Å². The Bertz CT molecular complexity index is 555. The Morgan fingerprint density at radius 3 is 2.41 bits per heavy atom. The maximum Gasteiger partial charge on any atom is 0.455 e. The Morgan fingerprint density at radius 2 is 1.69 bits per heavy atom. The maximum atomic E-state index is 13.2. The van der Waals surface area contributed by atoms with Gasteiger partial charge in [-0.15, -0.1) is 0 Å². The molecular formula is C22H40BN3O3. The summed E-state index contributed by atoms with van der Waals surface area (Å²) in [5.74, 6) is 3.26. The van der Waals surface area contributed by atoms with E-state index in [2.05, 4.69) is 10.2 Å². The van der Waals surface area contributed by atoms with E-state index in [1.54, 1.807) is 0 Å². The summed E-state index contributed by atoms with van der Waals surface area (Å²) >= 11 is 0. The molecule has 6 atom stereocenters. The molecule has 0 aromatic rings. The molecule has 5 N–H and O–H groups in total. The predicted molar refractivity (Wildman–Crippen MR) is 115 cm³/mol.